The highest BCUT2D eigenvalue weighted by molar-refractivity contribution is 5.55. The van der Waals surface area contributed by atoms with E-state index >= 15 is 0 Å². The lowest BCUT2D eigenvalue weighted by Gasteiger charge is -2.03. The average Bonchev–Trinajstić information content (AvgIpc) is 2.76. The van der Waals surface area contributed by atoms with Crippen LogP contribution in [0, 0.1) is 13.8 Å². The summed E-state index contributed by atoms with van der Waals surface area (Å²) >= 11 is 0. The van der Waals surface area contributed by atoms with Crippen LogP contribution in [0.1, 0.15) is 30.0 Å². The highest BCUT2D eigenvalue weighted by Gasteiger charge is 2.13. The summed E-state index contributed by atoms with van der Waals surface area (Å²) in [5.41, 5.74) is 3.37. The van der Waals surface area contributed by atoms with E-state index in [0.717, 1.165) is 5.56 Å². The Morgan fingerprint density at radius 1 is 1.12 bits per heavy atom. The smallest absolute Gasteiger partial charge is 0.247 e. The summed E-state index contributed by atoms with van der Waals surface area (Å²) in [5, 5.41) is 11.2. The number of nitrogens with one attached hydrogen (secondary N) is 1. The number of aryl methyl sites for hydroxylation is 2. The molecule has 0 aliphatic carbocycles. The first-order chi connectivity index (χ1) is 8.10. The minimum absolute atomic E-state index is 0.0714. The van der Waals surface area contributed by atoms with Crippen LogP contribution in [0.15, 0.2) is 22.6 Å². The zero-order valence-corrected chi connectivity index (χ0v) is 10.6. The van der Waals surface area contributed by atoms with Crippen molar-refractivity contribution in [2.75, 3.05) is 7.05 Å². The van der Waals surface area contributed by atoms with Gasteiger partial charge in [-0.3, -0.25) is 0 Å². The van der Waals surface area contributed by atoms with E-state index in [0.29, 0.717) is 11.8 Å². The molecule has 1 aromatic carbocycles. The molecule has 1 heterocycles. The summed E-state index contributed by atoms with van der Waals surface area (Å²) in [6, 6.07) is 6.29. The van der Waals surface area contributed by atoms with Gasteiger partial charge >= 0.3 is 0 Å². The number of nitrogens with zero attached hydrogens (tertiary/aromatic N) is 2. The second kappa shape index (κ2) is 4.67. The van der Waals surface area contributed by atoms with Gasteiger partial charge in [0.2, 0.25) is 11.8 Å². The third-order valence-electron chi connectivity index (χ3n) is 2.71. The van der Waals surface area contributed by atoms with Crippen molar-refractivity contribution in [3.8, 4) is 11.5 Å². The molecule has 1 N–H and O–H groups in total. The fourth-order valence-corrected chi connectivity index (χ4v) is 1.75. The van der Waals surface area contributed by atoms with E-state index in [-0.39, 0.29) is 6.04 Å². The maximum Gasteiger partial charge on any atom is 0.247 e. The molecular weight excluding hydrogens is 214 g/mol. The normalized spacial score (nSPS) is 12.7. The molecule has 17 heavy (non-hydrogen) atoms. The first-order valence-electron chi connectivity index (χ1n) is 5.69. The van der Waals surface area contributed by atoms with Crippen LogP contribution in [0.2, 0.25) is 0 Å². The van der Waals surface area contributed by atoms with Crippen LogP contribution in [0.3, 0.4) is 0 Å². The van der Waals surface area contributed by atoms with Gasteiger partial charge in [0, 0.05) is 5.56 Å². The Kier molecular flexibility index (Phi) is 3.24. The first kappa shape index (κ1) is 11.8. The number of benzene rings is 1. The van der Waals surface area contributed by atoms with Crippen molar-refractivity contribution in [3.63, 3.8) is 0 Å². The maximum absolute atomic E-state index is 5.65. The highest BCUT2D eigenvalue weighted by atomic mass is 16.4. The SMILES string of the molecule is CNC(C)c1nnc(-c2cc(C)cc(C)c2)o1. The summed E-state index contributed by atoms with van der Waals surface area (Å²) < 4.78 is 5.65. The molecule has 1 unspecified atom stereocenters. The number of hydrogen-bond acceptors (Lipinski definition) is 4. The predicted molar refractivity (Wildman–Crippen MR) is 66.7 cm³/mol. The Balaban J connectivity index is 2.36. The van der Waals surface area contributed by atoms with E-state index in [2.05, 4.69) is 35.4 Å². The molecular formula is C13H17N3O. The highest BCUT2D eigenvalue weighted by Crippen LogP contribution is 2.22. The summed E-state index contributed by atoms with van der Waals surface area (Å²) in [4.78, 5) is 0. The van der Waals surface area contributed by atoms with Gasteiger partial charge in [0.1, 0.15) is 0 Å². The van der Waals surface area contributed by atoms with Crippen molar-refractivity contribution in [2.24, 2.45) is 0 Å². The fourth-order valence-electron chi connectivity index (χ4n) is 1.75. The van der Waals surface area contributed by atoms with Crippen LogP contribution in [-0.4, -0.2) is 17.2 Å². The van der Waals surface area contributed by atoms with Gasteiger partial charge in [-0.1, -0.05) is 17.2 Å². The number of hydrogen-bond donors (Lipinski definition) is 1. The molecule has 1 aromatic heterocycles. The zero-order valence-electron chi connectivity index (χ0n) is 10.6. The van der Waals surface area contributed by atoms with Gasteiger partial charge < -0.3 is 9.73 Å². The predicted octanol–water partition coefficient (Wildman–Crippen LogP) is 2.63. The van der Waals surface area contributed by atoms with Crippen molar-refractivity contribution in [3.05, 3.63) is 35.2 Å². The Bertz CT molecular complexity index is 499. The number of rotatable bonds is 3. The van der Waals surface area contributed by atoms with Gasteiger partial charge in [-0.2, -0.15) is 0 Å². The van der Waals surface area contributed by atoms with E-state index in [9.17, 15) is 0 Å². The lowest BCUT2D eigenvalue weighted by Crippen LogP contribution is -2.12. The van der Waals surface area contributed by atoms with E-state index < -0.39 is 0 Å². The molecule has 90 valence electrons. The molecule has 0 saturated carbocycles. The van der Waals surface area contributed by atoms with E-state index in [1.54, 1.807) is 0 Å². The molecule has 0 aliphatic rings. The van der Waals surface area contributed by atoms with Crippen molar-refractivity contribution in [1.29, 1.82) is 0 Å². The van der Waals surface area contributed by atoms with E-state index in [4.69, 9.17) is 4.42 Å². The van der Waals surface area contributed by atoms with Crippen LogP contribution in [0.4, 0.5) is 0 Å². The molecule has 1 atom stereocenters. The summed E-state index contributed by atoms with van der Waals surface area (Å²) in [6.45, 7) is 6.10. The van der Waals surface area contributed by atoms with Crippen molar-refractivity contribution in [1.82, 2.24) is 15.5 Å². The van der Waals surface area contributed by atoms with Gasteiger partial charge in [0.25, 0.3) is 0 Å². The molecule has 0 spiro atoms. The Morgan fingerprint density at radius 3 is 2.35 bits per heavy atom. The van der Waals surface area contributed by atoms with E-state index in [1.165, 1.54) is 11.1 Å². The van der Waals surface area contributed by atoms with Crippen LogP contribution < -0.4 is 5.32 Å². The Hall–Kier alpha value is -1.68. The molecule has 0 amide bonds. The monoisotopic (exact) mass is 231 g/mol. The van der Waals surface area contributed by atoms with Crippen LogP contribution in [0.25, 0.3) is 11.5 Å². The molecule has 4 heteroatoms. The standard InChI is InChI=1S/C13H17N3O/c1-8-5-9(2)7-11(6-8)13-16-15-12(17-13)10(3)14-4/h5-7,10,14H,1-4H3. The first-order valence-corrected chi connectivity index (χ1v) is 5.69. The van der Waals surface area contributed by atoms with Crippen LogP contribution in [-0.2, 0) is 0 Å². The molecule has 0 saturated heterocycles. The van der Waals surface area contributed by atoms with Crippen molar-refractivity contribution in [2.45, 2.75) is 26.8 Å². The Morgan fingerprint density at radius 2 is 1.76 bits per heavy atom. The third kappa shape index (κ3) is 2.53. The summed E-state index contributed by atoms with van der Waals surface area (Å²) in [7, 11) is 1.87. The topological polar surface area (TPSA) is 51.0 Å². The summed E-state index contributed by atoms with van der Waals surface area (Å²) in [6.07, 6.45) is 0. The molecule has 0 radical (unpaired) electrons. The lowest BCUT2D eigenvalue weighted by molar-refractivity contribution is 0.441. The number of aromatic nitrogens is 2. The minimum atomic E-state index is 0.0714. The summed E-state index contributed by atoms with van der Waals surface area (Å²) in [5.74, 6) is 1.19. The lowest BCUT2D eigenvalue weighted by atomic mass is 10.1. The second-order valence-electron chi connectivity index (χ2n) is 4.33. The molecule has 4 nitrogen and oxygen atoms in total. The van der Waals surface area contributed by atoms with Gasteiger partial charge in [0.05, 0.1) is 6.04 Å². The molecule has 0 bridgehead atoms. The second-order valence-corrected chi connectivity index (χ2v) is 4.33. The molecule has 0 aliphatic heterocycles. The van der Waals surface area contributed by atoms with E-state index in [1.807, 2.05) is 26.1 Å². The molecule has 2 aromatic rings. The molecule has 2 rings (SSSR count). The largest absolute Gasteiger partial charge is 0.419 e. The third-order valence-corrected chi connectivity index (χ3v) is 2.71. The minimum Gasteiger partial charge on any atom is -0.419 e. The average molecular weight is 231 g/mol. The van der Waals surface area contributed by atoms with Gasteiger partial charge in [-0.25, -0.2) is 0 Å². The van der Waals surface area contributed by atoms with Crippen molar-refractivity contribution >= 4 is 0 Å². The van der Waals surface area contributed by atoms with Gasteiger partial charge in [-0.05, 0) is 40.0 Å². The van der Waals surface area contributed by atoms with Crippen molar-refractivity contribution < 1.29 is 4.42 Å². The zero-order chi connectivity index (χ0) is 12.4. The Labute approximate surface area is 101 Å². The fraction of sp³-hybridized carbons (Fsp3) is 0.385. The van der Waals surface area contributed by atoms with Gasteiger partial charge in [0.15, 0.2) is 0 Å². The van der Waals surface area contributed by atoms with Crippen LogP contribution in [0.5, 0.6) is 0 Å². The molecule has 0 fully saturated rings. The quantitative estimate of drug-likeness (QED) is 0.882. The van der Waals surface area contributed by atoms with Crippen LogP contribution >= 0.6 is 0 Å². The maximum atomic E-state index is 5.65. The van der Waals surface area contributed by atoms with Gasteiger partial charge in [-0.15, -0.1) is 10.2 Å².